The van der Waals surface area contributed by atoms with E-state index < -0.39 is 16.1 Å². The summed E-state index contributed by atoms with van der Waals surface area (Å²) < 4.78 is 0. The SMILES string of the molecule is C=C[Si](C)(C(=O)[Si](C)(C=C)c1ccccc1)c1ccccc1. The molecule has 2 aromatic rings. The minimum atomic E-state index is -2.43. The van der Waals surface area contributed by atoms with Crippen molar-refractivity contribution in [3.8, 4) is 0 Å². The van der Waals surface area contributed by atoms with Gasteiger partial charge in [0.2, 0.25) is 0 Å². The summed E-state index contributed by atoms with van der Waals surface area (Å²) in [4.78, 5) is 13.5. The number of carbonyl (C=O) groups excluding carboxylic acids is 1. The van der Waals surface area contributed by atoms with Crippen molar-refractivity contribution in [1.29, 1.82) is 0 Å². The van der Waals surface area contributed by atoms with E-state index in [1.165, 1.54) is 0 Å². The standard InChI is InChI=1S/C19H22OSi2/c1-5-21(3,17-13-9-7-10-14-17)19(20)22(4,6-2)18-15-11-8-12-16-18/h5-16H,1-2H2,3-4H3. The molecule has 0 radical (unpaired) electrons. The van der Waals surface area contributed by atoms with Gasteiger partial charge in [-0.05, 0) is 10.4 Å². The summed E-state index contributed by atoms with van der Waals surface area (Å²) in [5, 5.41) is 2.58. The van der Waals surface area contributed by atoms with Crippen molar-refractivity contribution in [2.24, 2.45) is 0 Å². The highest BCUT2D eigenvalue weighted by Crippen LogP contribution is 2.18. The fraction of sp³-hybridized carbons (Fsp3) is 0.105. The molecular weight excluding hydrogens is 300 g/mol. The zero-order chi connectivity index (χ0) is 16.2. The molecule has 0 aromatic heterocycles. The number of carbonyl (C=O) groups is 1. The average molecular weight is 323 g/mol. The van der Waals surface area contributed by atoms with Gasteiger partial charge in [0, 0.05) is 0 Å². The van der Waals surface area contributed by atoms with E-state index in [9.17, 15) is 4.79 Å². The molecule has 1 nitrogen and oxygen atoms in total. The van der Waals surface area contributed by atoms with Crippen LogP contribution in [0.1, 0.15) is 0 Å². The van der Waals surface area contributed by atoms with Crippen LogP contribution in [0.5, 0.6) is 0 Å². The van der Waals surface area contributed by atoms with Gasteiger partial charge in [0.15, 0.2) is 16.1 Å². The second kappa shape index (κ2) is 6.42. The van der Waals surface area contributed by atoms with Gasteiger partial charge in [0.05, 0.1) is 0 Å². The van der Waals surface area contributed by atoms with E-state index in [1.54, 1.807) is 0 Å². The second-order valence-corrected chi connectivity index (χ2v) is 14.1. The summed E-state index contributed by atoms with van der Waals surface area (Å²) >= 11 is 0. The van der Waals surface area contributed by atoms with Gasteiger partial charge in [-0.3, -0.25) is 0 Å². The lowest BCUT2D eigenvalue weighted by Crippen LogP contribution is -2.65. The smallest absolute Gasteiger partial charge is 0.177 e. The van der Waals surface area contributed by atoms with Gasteiger partial charge >= 0.3 is 0 Å². The molecule has 0 aliphatic carbocycles. The summed E-state index contributed by atoms with van der Waals surface area (Å²) in [5.74, 6) is 0. The Kier molecular flexibility index (Phi) is 4.79. The van der Waals surface area contributed by atoms with Crippen LogP contribution in [0.2, 0.25) is 13.1 Å². The van der Waals surface area contributed by atoms with Gasteiger partial charge < -0.3 is 4.79 Å². The number of hydrogen-bond acceptors (Lipinski definition) is 1. The van der Waals surface area contributed by atoms with Crippen molar-refractivity contribution in [2.45, 2.75) is 13.1 Å². The molecule has 3 heteroatoms. The fourth-order valence-corrected chi connectivity index (χ4v) is 11.7. The first-order chi connectivity index (χ1) is 10.5. The van der Waals surface area contributed by atoms with E-state index in [4.69, 9.17) is 0 Å². The van der Waals surface area contributed by atoms with Crippen LogP contribution in [0.15, 0.2) is 85.2 Å². The average Bonchev–Trinajstić information content (AvgIpc) is 2.61. The zero-order valence-electron chi connectivity index (χ0n) is 13.3. The van der Waals surface area contributed by atoms with Crippen LogP contribution >= 0.6 is 0 Å². The topological polar surface area (TPSA) is 17.1 Å². The van der Waals surface area contributed by atoms with Gasteiger partial charge in [0.25, 0.3) is 0 Å². The molecule has 2 rings (SSSR count). The molecule has 2 atom stereocenters. The highest BCUT2D eigenvalue weighted by molar-refractivity contribution is 7.42. The first kappa shape index (κ1) is 16.4. The van der Waals surface area contributed by atoms with Crippen LogP contribution in [-0.4, -0.2) is 21.2 Å². The molecule has 0 bridgehead atoms. The second-order valence-electron chi connectivity index (χ2n) is 5.87. The van der Waals surface area contributed by atoms with Gasteiger partial charge in [-0.1, -0.05) is 85.2 Å². The minimum Gasteiger partial charge on any atom is -0.309 e. The van der Waals surface area contributed by atoms with Crippen molar-refractivity contribution in [3.05, 3.63) is 85.2 Å². The normalized spacial score (nSPS) is 16.1. The molecule has 0 saturated heterocycles. The summed E-state index contributed by atoms with van der Waals surface area (Å²) in [6.07, 6.45) is 0. The maximum Gasteiger partial charge on any atom is 0.177 e. The third kappa shape index (κ3) is 2.70. The number of hydrogen-bond donors (Lipinski definition) is 0. The number of benzene rings is 2. The first-order valence-electron chi connectivity index (χ1n) is 7.42. The molecule has 112 valence electrons. The first-order valence-corrected chi connectivity index (χ1v) is 12.6. The summed E-state index contributed by atoms with van der Waals surface area (Å²) in [6, 6.07) is 20.1. The molecule has 0 aliphatic rings. The summed E-state index contributed by atoms with van der Waals surface area (Å²) in [7, 11) is -4.85. The zero-order valence-corrected chi connectivity index (χ0v) is 15.3. The maximum atomic E-state index is 13.5. The Hall–Kier alpha value is -1.98. The van der Waals surface area contributed by atoms with Crippen LogP contribution in [0.4, 0.5) is 4.79 Å². The lowest BCUT2D eigenvalue weighted by molar-refractivity contribution is 0.272. The molecule has 0 aliphatic heterocycles. The highest BCUT2D eigenvalue weighted by Gasteiger charge is 2.46. The van der Waals surface area contributed by atoms with E-state index in [0.29, 0.717) is 5.03 Å². The lowest BCUT2D eigenvalue weighted by atomic mass is 10.4. The van der Waals surface area contributed by atoms with E-state index >= 15 is 0 Å². The molecular formula is C19H22OSi2. The van der Waals surface area contributed by atoms with Crippen LogP contribution in [-0.2, 0) is 0 Å². The third-order valence-corrected chi connectivity index (χ3v) is 14.2. The molecule has 0 amide bonds. The largest absolute Gasteiger partial charge is 0.309 e. The Labute approximate surface area is 135 Å². The predicted octanol–water partition coefficient (Wildman–Crippen LogP) is 3.69. The van der Waals surface area contributed by atoms with E-state index in [1.807, 2.05) is 47.8 Å². The van der Waals surface area contributed by atoms with Crippen LogP contribution in [0.25, 0.3) is 0 Å². The molecule has 2 unspecified atom stereocenters. The Morgan fingerprint density at radius 1 is 0.773 bits per heavy atom. The number of rotatable bonds is 6. The highest BCUT2D eigenvalue weighted by atomic mass is 28.4. The van der Waals surface area contributed by atoms with E-state index in [-0.39, 0.29) is 0 Å². The molecule has 2 aromatic carbocycles. The Balaban J connectivity index is 2.56. The Morgan fingerprint density at radius 2 is 1.09 bits per heavy atom. The fourth-order valence-electron chi connectivity index (χ4n) is 2.79. The monoisotopic (exact) mass is 322 g/mol. The molecule has 0 heterocycles. The molecule has 0 N–H and O–H groups in total. The third-order valence-electron chi connectivity index (χ3n) is 4.51. The summed E-state index contributed by atoms with van der Waals surface area (Å²) in [6.45, 7) is 12.2. The van der Waals surface area contributed by atoms with Crippen LogP contribution < -0.4 is 10.4 Å². The predicted molar refractivity (Wildman–Crippen MR) is 101 cm³/mol. The maximum absolute atomic E-state index is 13.5. The van der Waals surface area contributed by atoms with Crippen LogP contribution in [0.3, 0.4) is 0 Å². The molecule has 0 saturated carbocycles. The van der Waals surface area contributed by atoms with Gasteiger partial charge in [0.1, 0.15) is 5.03 Å². The Morgan fingerprint density at radius 3 is 1.36 bits per heavy atom. The Bertz CT molecular complexity index is 622. The van der Waals surface area contributed by atoms with Crippen molar-refractivity contribution in [1.82, 2.24) is 0 Å². The minimum absolute atomic E-state index is 0.349. The lowest BCUT2D eigenvalue weighted by Gasteiger charge is -2.32. The van der Waals surface area contributed by atoms with Gasteiger partial charge in [-0.2, -0.15) is 0 Å². The molecule has 0 fully saturated rings. The van der Waals surface area contributed by atoms with E-state index in [2.05, 4.69) is 50.5 Å². The van der Waals surface area contributed by atoms with Crippen molar-refractivity contribution in [2.75, 3.05) is 0 Å². The van der Waals surface area contributed by atoms with Crippen LogP contribution in [0, 0.1) is 0 Å². The summed E-state index contributed by atoms with van der Waals surface area (Å²) in [5.41, 5.74) is 3.81. The van der Waals surface area contributed by atoms with Crippen molar-refractivity contribution >= 4 is 31.6 Å². The van der Waals surface area contributed by atoms with Crippen molar-refractivity contribution in [3.63, 3.8) is 0 Å². The molecule has 0 spiro atoms. The molecule has 22 heavy (non-hydrogen) atoms. The van der Waals surface area contributed by atoms with Gasteiger partial charge in [-0.25, -0.2) is 0 Å². The van der Waals surface area contributed by atoms with Crippen molar-refractivity contribution < 1.29 is 4.79 Å². The van der Waals surface area contributed by atoms with Gasteiger partial charge in [-0.15, -0.1) is 13.2 Å². The quantitative estimate of drug-likeness (QED) is 0.741. The van der Waals surface area contributed by atoms with E-state index in [0.717, 1.165) is 10.4 Å².